The molecule has 3 aliphatic rings. The summed E-state index contributed by atoms with van der Waals surface area (Å²) in [5, 5.41) is 2.53. The molecule has 0 saturated heterocycles. The van der Waals surface area contributed by atoms with Crippen LogP contribution in [0.5, 0.6) is 0 Å². The smallest absolute Gasteiger partial charge is 0.0708 e. The molecule has 2 heteroatoms. The summed E-state index contributed by atoms with van der Waals surface area (Å²) in [6, 6.07) is 96.1. The van der Waals surface area contributed by atoms with Crippen LogP contribution in [0.2, 0.25) is 0 Å². The van der Waals surface area contributed by atoms with Gasteiger partial charge in [-0.15, -0.1) is 0 Å². The summed E-state index contributed by atoms with van der Waals surface area (Å²) in [5.74, 6) is 2.52. The van der Waals surface area contributed by atoms with Crippen LogP contribution < -0.4 is 4.90 Å². The van der Waals surface area contributed by atoms with Crippen LogP contribution in [-0.4, -0.2) is 4.57 Å². The van der Waals surface area contributed by atoms with Gasteiger partial charge in [0.25, 0.3) is 0 Å². The number of anilines is 3. The number of benzene rings is 10. The summed E-state index contributed by atoms with van der Waals surface area (Å²) in [6.45, 7) is 5.05. The highest BCUT2D eigenvalue weighted by Crippen LogP contribution is 2.67. The molecule has 14 rings (SSSR count). The van der Waals surface area contributed by atoms with E-state index < -0.39 is 5.41 Å². The molecule has 74 heavy (non-hydrogen) atoms. The fourth-order valence-corrected chi connectivity index (χ4v) is 15.0. The Morgan fingerprint density at radius 2 is 0.797 bits per heavy atom. The van der Waals surface area contributed by atoms with Crippen molar-refractivity contribution in [2.24, 2.45) is 23.7 Å². The molecule has 358 valence electrons. The van der Waals surface area contributed by atoms with Crippen molar-refractivity contribution in [2.45, 2.75) is 50.4 Å². The minimum Gasteiger partial charge on any atom is -0.310 e. The van der Waals surface area contributed by atoms with Gasteiger partial charge in [-0.3, -0.25) is 0 Å². The second-order valence-electron chi connectivity index (χ2n) is 21.9. The predicted molar refractivity (Wildman–Crippen MR) is 309 cm³/mol. The molecule has 3 aliphatic carbocycles. The lowest BCUT2D eigenvalue weighted by atomic mass is 9.41. The Hall–Kier alpha value is -8.20. The van der Waals surface area contributed by atoms with Crippen LogP contribution in [0, 0.1) is 23.7 Å². The van der Waals surface area contributed by atoms with Crippen molar-refractivity contribution >= 4 is 38.9 Å². The lowest BCUT2D eigenvalue weighted by Crippen LogP contribution is -2.56. The molecule has 0 atom stereocenters. The number of hydrogen-bond donors (Lipinski definition) is 0. The van der Waals surface area contributed by atoms with Crippen LogP contribution in [-0.2, 0) is 10.8 Å². The molecule has 0 aliphatic heterocycles. The number of para-hydroxylation sites is 3. The molecule has 0 radical (unpaired) electrons. The molecule has 2 bridgehead atoms. The number of fused-ring (bicyclic) bond motifs is 5. The highest BCUT2D eigenvalue weighted by Gasteiger charge is 2.61. The van der Waals surface area contributed by atoms with Gasteiger partial charge in [0.2, 0.25) is 0 Å². The van der Waals surface area contributed by atoms with Crippen LogP contribution in [0.25, 0.3) is 49.7 Å². The van der Waals surface area contributed by atoms with Crippen molar-refractivity contribution in [1.82, 2.24) is 4.57 Å². The molecule has 1 aromatic heterocycles. The quantitative estimate of drug-likeness (QED) is 0.147. The average molecular weight is 953 g/mol. The lowest BCUT2D eigenvalue weighted by Gasteiger charge is -2.62. The highest BCUT2D eigenvalue weighted by atomic mass is 15.1. The van der Waals surface area contributed by atoms with Crippen molar-refractivity contribution in [3.05, 3.63) is 288 Å². The Balaban J connectivity index is 0.996. The van der Waals surface area contributed by atoms with Gasteiger partial charge in [-0.2, -0.15) is 0 Å². The first-order valence-electron chi connectivity index (χ1n) is 27.0. The standard InChI is InChI=1S/C72H60N2/c1-49-44-56-46-50(2)47-57(45-49)72(56)65-30-16-15-29-64(65)71(54-22-8-4-9-23-54,55-24-10-5-11-25-55)67-48-60(42-43-66(67)72)73(58-38-34-52(35-39-58)51-20-6-3-7-21-51)59-40-36-53(37-41-59)61-26-12-17-31-68(61)74-69-32-18-13-27-62(69)63-28-14-19-33-70(63)74/h3-43,48-50,56-57H,44-47H2,1-2H3. The number of rotatable bonds is 8. The third kappa shape index (κ3) is 6.77. The summed E-state index contributed by atoms with van der Waals surface area (Å²) >= 11 is 0. The van der Waals surface area contributed by atoms with Gasteiger partial charge >= 0.3 is 0 Å². The third-order valence-corrected chi connectivity index (χ3v) is 17.7. The molecule has 2 saturated carbocycles. The zero-order valence-corrected chi connectivity index (χ0v) is 42.3. The number of nitrogens with zero attached hydrogens (tertiary/aromatic N) is 2. The van der Waals surface area contributed by atoms with Crippen molar-refractivity contribution in [3.63, 3.8) is 0 Å². The fraction of sp³-hybridized carbons (Fsp3) is 0.167. The number of aromatic nitrogens is 1. The monoisotopic (exact) mass is 952 g/mol. The van der Waals surface area contributed by atoms with Crippen molar-refractivity contribution < 1.29 is 0 Å². The Morgan fingerprint density at radius 1 is 0.365 bits per heavy atom. The summed E-state index contributed by atoms with van der Waals surface area (Å²) in [4.78, 5) is 2.51. The first-order valence-corrected chi connectivity index (χ1v) is 27.0. The second-order valence-corrected chi connectivity index (χ2v) is 21.9. The summed E-state index contributed by atoms with van der Waals surface area (Å²) < 4.78 is 2.44. The minimum absolute atomic E-state index is 0.0931. The molecule has 2 fully saturated rings. The molecule has 1 heterocycles. The van der Waals surface area contributed by atoms with Crippen LogP contribution in [0.15, 0.2) is 255 Å². The maximum Gasteiger partial charge on any atom is 0.0708 e. The van der Waals surface area contributed by atoms with Crippen molar-refractivity contribution in [3.8, 4) is 27.9 Å². The first-order chi connectivity index (χ1) is 36.5. The molecule has 2 nitrogen and oxygen atoms in total. The Kier molecular flexibility index (Phi) is 10.7. The van der Waals surface area contributed by atoms with Crippen LogP contribution in [0.1, 0.15) is 72.9 Å². The zero-order chi connectivity index (χ0) is 49.4. The largest absolute Gasteiger partial charge is 0.310 e. The number of hydrogen-bond acceptors (Lipinski definition) is 1. The summed E-state index contributed by atoms with van der Waals surface area (Å²) in [6.07, 6.45) is 5.02. The van der Waals surface area contributed by atoms with Crippen LogP contribution >= 0.6 is 0 Å². The van der Waals surface area contributed by atoms with E-state index in [0.717, 1.165) is 17.1 Å². The van der Waals surface area contributed by atoms with Crippen molar-refractivity contribution in [1.29, 1.82) is 0 Å². The lowest BCUT2D eigenvalue weighted by molar-refractivity contribution is 0.0238. The zero-order valence-electron chi connectivity index (χ0n) is 42.3. The predicted octanol–water partition coefficient (Wildman–Crippen LogP) is 18.7. The van der Waals surface area contributed by atoms with E-state index in [0.29, 0.717) is 23.7 Å². The van der Waals surface area contributed by atoms with Gasteiger partial charge in [-0.25, -0.2) is 0 Å². The van der Waals surface area contributed by atoms with Gasteiger partial charge in [0, 0.05) is 38.8 Å². The van der Waals surface area contributed by atoms with E-state index in [1.807, 2.05) is 0 Å². The summed E-state index contributed by atoms with van der Waals surface area (Å²) in [7, 11) is 0. The van der Waals surface area contributed by atoms with Crippen molar-refractivity contribution in [2.75, 3.05) is 4.90 Å². The third-order valence-electron chi connectivity index (χ3n) is 17.7. The van der Waals surface area contributed by atoms with Gasteiger partial charge in [0.05, 0.1) is 22.1 Å². The normalized spacial score (nSPS) is 20.5. The molecule has 0 amide bonds. The SMILES string of the molecule is CC1CC2CC(C)CC(C1)C21c2ccccc2C(c2ccccc2)(c2ccccc2)c2cc(N(c3ccc(-c4ccccc4)cc3)c3ccc(-c4ccccc4-n4c5ccccc5c5ccccc54)cc3)ccc21. The van der Waals surface area contributed by atoms with E-state index in [-0.39, 0.29) is 5.41 Å². The molecule has 11 aromatic rings. The molecule has 0 unspecified atom stereocenters. The van der Waals surface area contributed by atoms with Gasteiger partial charge in [0.1, 0.15) is 0 Å². The van der Waals surface area contributed by atoms with E-state index in [4.69, 9.17) is 0 Å². The Labute approximate surface area is 436 Å². The topological polar surface area (TPSA) is 8.17 Å². The van der Waals surface area contributed by atoms with Gasteiger partial charge in [-0.05, 0) is 154 Å². The van der Waals surface area contributed by atoms with E-state index >= 15 is 0 Å². The molecule has 10 aromatic carbocycles. The fourth-order valence-electron chi connectivity index (χ4n) is 15.0. The Bertz CT molecular complexity index is 3710. The van der Waals surface area contributed by atoms with E-state index in [1.165, 1.54) is 103 Å². The second kappa shape index (κ2) is 17.8. The molecular formula is C72H60N2. The molecule has 1 spiro atoms. The van der Waals surface area contributed by atoms with Gasteiger partial charge in [0.15, 0.2) is 0 Å². The highest BCUT2D eigenvalue weighted by molar-refractivity contribution is 6.09. The van der Waals surface area contributed by atoms with E-state index in [2.05, 4.69) is 278 Å². The maximum absolute atomic E-state index is 2.63. The van der Waals surface area contributed by atoms with Gasteiger partial charge in [-0.1, -0.05) is 214 Å². The van der Waals surface area contributed by atoms with Crippen LogP contribution in [0.3, 0.4) is 0 Å². The van der Waals surface area contributed by atoms with Gasteiger partial charge < -0.3 is 9.47 Å². The maximum atomic E-state index is 2.63. The average Bonchev–Trinajstić information content (AvgIpc) is 3.82. The minimum atomic E-state index is -0.568. The molecular weight excluding hydrogens is 893 g/mol. The summed E-state index contributed by atoms with van der Waals surface area (Å²) in [5.41, 5.74) is 19.6. The first kappa shape index (κ1) is 44.5. The molecule has 0 N–H and O–H groups in total. The Morgan fingerprint density at radius 3 is 1.38 bits per heavy atom. The van der Waals surface area contributed by atoms with Crippen LogP contribution in [0.4, 0.5) is 17.1 Å². The van der Waals surface area contributed by atoms with E-state index in [1.54, 1.807) is 5.56 Å². The van der Waals surface area contributed by atoms with E-state index in [9.17, 15) is 0 Å².